The molecule has 3 atom stereocenters. The van der Waals surface area contributed by atoms with E-state index in [4.69, 9.17) is 4.74 Å². The van der Waals surface area contributed by atoms with E-state index < -0.39 is 24.8 Å². The molecule has 0 radical (unpaired) electrons. The number of nitrogens with zero attached hydrogens (tertiary/aromatic N) is 1. The number of hydrogen-bond donors (Lipinski definition) is 0. The predicted molar refractivity (Wildman–Crippen MR) is 62.7 cm³/mol. The first-order valence-corrected chi connectivity index (χ1v) is 6.26. The van der Waals surface area contributed by atoms with Gasteiger partial charge in [-0.1, -0.05) is 0 Å². The zero-order chi connectivity index (χ0) is 14.6. The summed E-state index contributed by atoms with van der Waals surface area (Å²) >= 11 is 0. The third-order valence-electron chi connectivity index (χ3n) is 3.29. The summed E-state index contributed by atoms with van der Waals surface area (Å²) in [6.45, 7) is 2.30. The van der Waals surface area contributed by atoms with Crippen LogP contribution in [0.15, 0.2) is 0 Å². The molecule has 1 aliphatic heterocycles. The second-order valence-corrected chi connectivity index (χ2v) is 4.83. The van der Waals surface area contributed by atoms with Crippen molar-refractivity contribution >= 4 is 5.91 Å². The largest absolute Gasteiger partial charge is 0.411 e. The molecular formula is C12H20F3NO3. The number of alkyl halides is 3. The highest BCUT2D eigenvalue weighted by Crippen LogP contribution is 2.21. The highest BCUT2D eigenvalue weighted by atomic mass is 19.4. The Bertz CT molecular complexity index is 309. The van der Waals surface area contributed by atoms with E-state index in [-0.39, 0.29) is 12.1 Å². The van der Waals surface area contributed by atoms with Gasteiger partial charge in [-0.2, -0.15) is 13.2 Å². The van der Waals surface area contributed by atoms with Crippen LogP contribution in [-0.2, 0) is 14.3 Å². The van der Waals surface area contributed by atoms with Crippen LogP contribution < -0.4 is 0 Å². The molecule has 1 amide bonds. The van der Waals surface area contributed by atoms with Gasteiger partial charge in [0.15, 0.2) is 0 Å². The first-order valence-electron chi connectivity index (χ1n) is 6.26. The van der Waals surface area contributed by atoms with Gasteiger partial charge in [-0.3, -0.25) is 4.79 Å². The standard InChI is InChI=1S/C12H20F3NO3/c1-8-6-10(18-3)4-5-16(8)11(17)9(2)19-7-12(13,14)15/h8-10H,4-7H2,1-3H3. The van der Waals surface area contributed by atoms with Crippen molar-refractivity contribution in [1.29, 1.82) is 0 Å². The van der Waals surface area contributed by atoms with Crippen molar-refractivity contribution in [3.05, 3.63) is 0 Å². The van der Waals surface area contributed by atoms with Crippen LogP contribution in [0, 0.1) is 0 Å². The van der Waals surface area contributed by atoms with Crippen LogP contribution in [0.3, 0.4) is 0 Å². The molecule has 1 heterocycles. The van der Waals surface area contributed by atoms with E-state index in [0.29, 0.717) is 19.4 Å². The molecule has 1 rings (SSSR count). The molecule has 0 aromatic rings. The van der Waals surface area contributed by atoms with E-state index in [2.05, 4.69) is 4.74 Å². The SMILES string of the molecule is COC1CCN(C(=O)C(C)OCC(F)(F)F)C(C)C1. The number of rotatable bonds is 4. The molecule has 1 fully saturated rings. The zero-order valence-electron chi connectivity index (χ0n) is 11.4. The average molecular weight is 283 g/mol. The van der Waals surface area contributed by atoms with Gasteiger partial charge in [-0.05, 0) is 26.7 Å². The highest BCUT2D eigenvalue weighted by Gasteiger charge is 2.34. The van der Waals surface area contributed by atoms with E-state index in [1.54, 1.807) is 12.0 Å². The second kappa shape index (κ2) is 6.56. The Kier molecular flexibility index (Phi) is 5.61. The molecule has 0 bridgehead atoms. The lowest BCUT2D eigenvalue weighted by Gasteiger charge is -2.38. The van der Waals surface area contributed by atoms with Gasteiger partial charge in [0.25, 0.3) is 5.91 Å². The summed E-state index contributed by atoms with van der Waals surface area (Å²) < 4.78 is 45.9. The highest BCUT2D eigenvalue weighted by molar-refractivity contribution is 5.81. The first kappa shape index (κ1) is 16.2. The molecule has 1 aliphatic rings. The molecule has 0 saturated carbocycles. The molecule has 0 aromatic heterocycles. The summed E-state index contributed by atoms with van der Waals surface area (Å²) in [5.74, 6) is -0.397. The predicted octanol–water partition coefficient (Wildman–Crippen LogP) is 1.98. The maximum atomic E-state index is 12.0. The molecule has 3 unspecified atom stereocenters. The fourth-order valence-corrected chi connectivity index (χ4v) is 2.19. The van der Waals surface area contributed by atoms with Gasteiger partial charge >= 0.3 is 6.18 Å². The number of carbonyl (C=O) groups is 1. The number of ether oxygens (including phenoxy) is 2. The van der Waals surface area contributed by atoms with Gasteiger partial charge in [0.1, 0.15) is 12.7 Å². The van der Waals surface area contributed by atoms with E-state index in [1.807, 2.05) is 6.92 Å². The second-order valence-electron chi connectivity index (χ2n) is 4.83. The quantitative estimate of drug-likeness (QED) is 0.792. The van der Waals surface area contributed by atoms with Crippen LogP contribution in [0.25, 0.3) is 0 Å². The van der Waals surface area contributed by atoms with E-state index in [0.717, 1.165) is 0 Å². The number of hydrogen-bond acceptors (Lipinski definition) is 3. The van der Waals surface area contributed by atoms with E-state index >= 15 is 0 Å². The Balaban J connectivity index is 2.48. The normalized spacial score (nSPS) is 26.3. The monoisotopic (exact) mass is 283 g/mol. The van der Waals surface area contributed by atoms with Crippen LogP contribution >= 0.6 is 0 Å². The Hall–Kier alpha value is -0.820. The number of piperidine rings is 1. The molecule has 0 aromatic carbocycles. The van der Waals surface area contributed by atoms with Crippen molar-refractivity contribution in [1.82, 2.24) is 4.90 Å². The van der Waals surface area contributed by atoms with Crippen LogP contribution in [0.1, 0.15) is 26.7 Å². The first-order chi connectivity index (χ1) is 8.74. The number of amides is 1. The van der Waals surface area contributed by atoms with Gasteiger partial charge in [-0.25, -0.2) is 0 Å². The molecular weight excluding hydrogens is 263 g/mol. The van der Waals surface area contributed by atoms with Crippen molar-refractivity contribution in [2.75, 3.05) is 20.3 Å². The van der Waals surface area contributed by atoms with Crippen LogP contribution in [0.5, 0.6) is 0 Å². The summed E-state index contributed by atoms with van der Waals surface area (Å²) in [6, 6.07) is -0.0527. The summed E-state index contributed by atoms with van der Waals surface area (Å²) in [7, 11) is 1.62. The lowest BCUT2D eigenvalue weighted by molar-refractivity contribution is -0.189. The molecule has 0 N–H and O–H groups in total. The maximum Gasteiger partial charge on any atom is 0.411 e. The average Bonchev–Trinajstić information content (AvgIpc) is 2.34. The fraction of sp³-hybridized carbons (Fsp3) is 0.917. The molecule has 19 heavy (non-hydrogen) atoms. The third kappa shape index (κ3) is 4.99. The number of halogens is 3. The third-order valence-corrected chi connectivity index (χ3v) is 3.29. The van der Waals surface area contributed by atoms with Gasteiger partial charge in [0.05, 0.1) is 6.10 Å². The lowest BCUT2D eigenvalue weighted by Crippen LogP contribution is -2.50. The van der Waals surface area contributed by atoms with Crippen molar-refractivity contribution in [3.63, 3.8) is 0 Å². The summed E-state index contributed by atoms with van der Waals surface area (Å²) in [4.78, 5) is 13.6. The van der Waals surface area contributed by atoms with Gasteiger partial charge in [0, 0.05) is 19.7 Å². The number of likely N-dealkylation sites (tertiary alicyclic amines) is 1. The lowest BCUT2D eigenvalue weighted by atomic mass is 10.00. The number of methoxy groups -OCH3 is 1. The Labute approximate surface area is 110 Å². The molecule has 112 valence electrons. The minimum atomic E-state index is -4.41. The molecule has 4 nitrogen and oxygen atoms in total. The Morgan fingerprint density at radius 1 is 1.47 bits per heavy atom. The van der Waals surface area contributed by atoms with Crippen molar-refractivity contribution in [2.45, 2.75) is 51.1 Å². The van der Waals surface area contributed by atoms with E-state index in [1.165, 1.54) is 6.92 Å². The van der Waals surface area contributed by atoms with E-state index in [9.17, 15) is 18.0 Å². The van der Waals surface area contributed by atoms with Crippen molar-refractivity contribution in [3.8, 4) is 0 Å². The van der Waals surface area contributed by atoms with Crippen LogP contribution in [0.4, 0.5) is 13.2 Å². The Morgan fingerprint density at radius 3 is 2.58 bits per heavy atom. The molecule has 0 aliphatic carbocycles. The molecule has 0 spiro atoms. The summed E-state index contributed by atoms with van der Waals surface area (Å²) in [6.07, 6.45) is -4.01. The van der Waals surface area contributed by atoms with Crippen LogP contribution in [0.2, 0.25) is 0 Å². The van der Waals surface area contributed by atoms with Gasteiger partial charge in [0.2, 0.25) is 0 Å². The minimum absolute atomic E-state index is 0.0527. The topological polar surface area (TPSA) is 38.8 Å². The molecule has 1 saturated heterocycles. The van der Waals surface area contributed by atoms with Gasteiger partial charge < -0.3 is 14.4 Å². The minimum Gasteiger partial charge on any atom is -0.381 e. The summed E-state index contributed by atoms with van der Waals surface area (Å²) in [5, 5.41) is 0. The smallest absolute Gasteiger partial charge is 0.381 e. The van der Waals surface area contributed by atoms with Crippen molar-refractivity contribution in [2.24, 2.45) is 0 Å². The van der Waals surface area contributed by atoms with Crippen molar-refractivity contribution < 1.29 is 27.4 Å². The Morgan fingerprint density at radius 2 is 2.11 bits per heavy atom. The van der Waals surface area contributed by atoms with Gasteiger partial charge in [-0.15, -0.1) is 0 Å². The van der Waals surface area contributed by atoms with Crippen LogP contribution in [-0.4, -0.2) is 55.5 Å². The fourth-order valence-electron chi connectivity index (χ4n) is 2.19. The number of carbonyl (C=O) groups excluding carboxylic acids is 1. The zero-order valence-corrected chi connectivity index (χ0v) is 11.4. The maximum absolute atomic E-state index is 12.0. The molecule has 7 heteroatoms. The summed E-state index contributed by atoms with van der Waals surface area (Å²) in [5.41, 5.74) is 0.